The van der Waals surface area contributed by atoms with Crippen LogP contribution < -0.4 is 4.74 Å². The molecule has 108 valence electrons. The Kier molecular flexibility index (Phi) is 3.69. The number of ether oxygens (including phenoxy) is 1. The van der Waals surface area contributed by atoms with Gasteiger partial charge in [0.25, 0.3) is 0 Å². The van der Waals surface area contributed by atoms with Crippen molar-refractivity contribution in [3.05, 3.63) is 51.7 Å². The summed E-state index contributed by atoms with van der Waals surface area (Å²) in [5.41, 5.74) is 2.31. The molecule has 0 unspecified atom stereocenters. The molecule has 1 aromatic carbocycles. The highest BCUT2D eigenvalue weighted by atomic mass is 35.5. The molecule has 0 spiro atoms. The van der Waals surface area contributed by atoms with Crippen LogP contribution >= 0.6 is 23.2 Å². The average Bonchev–Trinajstić information content (AvgIpc) is 2.89. The first-order valence-corrected chi connectivity index (χ1v) is 7.07. The summed E-state index contributed by atoms with van der Waals surface area (Å²) in [7, 11) is 0. The highest BCUT2D eigenvalue weighted by Crippen LogP contribution is 2.20. The highest BCUT2D eigenvalue weighted by molar-refractivity contribution is 6.32. The molecular weight excluding hydrogens is 311 g/mol. The zero-order valence-electron chi connectivity index (χ0n) is 11.5. The quantitative estimate of drug-likeness (QED) is 0.739. The summed E-state index contributed by atoms with van der Waals surface area (Å²) >= 11 is 11.9. The summed E-state index contributed by atoms with van der Waals surface area (Å²) in [5, 5.41) is 9.19. The first kappa shape index (κ1) is 14.1. The van der Waals surface area contributed by atoms with Gasteiger partial charge in [-0.25, -0.2) is 4.98 Å². The molecule has 0 saturated carbocycles. The third-order valence-corrected chi connectivity index (χ3v) is 3.73. The summed E-state index contributed by atoms with van der Waals surface area (Å²) < 4.78 is 7.56. The van der Waals surface area contributed by atoms with Gasteiger partial charge in [-0.05, 0) is 38.1 Å². The molecule has 0 bridgehead atoms. The Morgan fingerprint density at radius 1 is 1.10 bits per heavy atom. The Labute approximate surface area is 131 Å². The van der Waals surface area contributed by atoms with E-state index in [1.165, 1.54) is 0 Å². The van der Waals surface area contributed by atoms with Crippen molar-refractivity contribution in [2.24, 2.45) is 0 Å². The minimum Gasteiger partial charge on any atom is -0.486 e. The van der Waals surface area contributed by atoms with Crippen molar-refractivity contribution in [3.63, 3.8) is 0 Å². The minimum atomic E-state index is 0.281. The molecular formula is C14H12Cl2N4O. The number of nitrogens with zero attached hydrogens (tertiary/aromatic N) is 4. The van der Waals surface area contributed by atoms with Gasteiger partial charge in [-0.2, -0.15) is 0 Å². The highest BCUT2D eigenvalue weighted by Gasteiger charge is 2.14. The summed E-state index contributed by atoms with van der Waals surface area (Å²) in [6.07, 6.45) is 0. The van der Waals surface area contributed by atoms with Crippen molar-refractivity contribution >= 4 is 28.8 Å². The first-order chi connectivity index (χ1) is 10.1. The predicted molar refractivity (Wildman–Crippen MR) is 81.1 cm³/mol. The van der Waals surface area contributed by atoms with Crippen molar-refractivity contribution in [1.29, 1.82) is 0 Å². The number of fused-ring (bicyclic) bond motifs is 1. The third kappa shape index (κ3) is 2.66. The molecule has 3 rings (SSSR count). The van der Waals surface area contributed by atoms with Crippen LogP contribution in [-0.4, -0.2) is 19.6 Å². The monoisotopic (exact) mass is 322 g/mol. The van der Waals surface area contributed by atoms with Crippen molar-refractivity contribution in [2.75, 3.05) is 0 Å². The fraction of sp³-hybridized carbons (Fsp3) is 0.214. The Morgan fingerprint density at radius 2 is 1.81 bits per heavy atom. The molecule has 0 aliphatic heterocycles. The van der Waals surface area contributed by atoms with Gasteiger partial charge in [0, 0.05) is 10.7 Å². The molecule has 7 heteroatoms. The van der Waals surface area contributed by atoms with Crippen LogP contribution in [0.3, 0.4) is 0 Å². The van der Waals surface area contributed by atoms with Gasteiger partial charge in [0.15, 0.2) is 16.6 Å². The number of hydrogen-bond donors (Lipinski definition) is 0. The van der Waals surface area contributed by atoms with Gasteiger partial charge in [0.05, 0.1) is 5.69 Å². The molecule has 0 aliphatic rings. The fourth-order valence-corrected chi connectivity index (χ4v) is 2.39. The van der Waals surface area contributed by atoms with Crippen LogP contribution in [0.2, 0.25) is 10.2 Å². The van der Waals surface area contributed by atoms with Gasteiger partial charge in [-0.15, -0.1) is 10.2 Å². The van der Waals surface area contributed by atoms with Gasteiger partial charge in [0.1, 0.15) is 12.4 Å². The average molecular weight is 323 g/mol. The Hall–Kier alpha value is -1.85. The van der Waals surface area contributed by atoms with Gasteiger partial charge in [0.2, 0.25) is 0 Å². The second-order valence-corrected chi connectivity index (χ2v) is 5.39. The molecule has 0 fully saturated rings. The minimum absolute atomic E-state index is 0.281. The van der Waals surface area contributed by atoms with Crippen molar-refractivity contribution in [1.82, 2.24) is 19.6 Å². The smallest absolute Gasteiger partial charge is 0.198 e. The molecule has 21 heavy (non-hydrogen) atoms. The number of hydrogen-bond acceptors (Lipinski definition) is 4. The molecule has 0 aliphatic carbocycles. The zero-order chi connectivity index (χ0) is 15.0. The van der Waals surface area contributed by atoms with Crippen LogP contribution in [0, 0.1) is 13.8 Å². The van der Waals surface area contributed by atoms with E-state index in [0.717, 1.165) is 11.4 Å². The molecule has 2 heterocycles. The Morgan fingerprint density at radius 3 is 2.52 bits per heavy atom. The van der Waals surface area contributed by atoms with Crippen LogP contribution in [-0.2, 0) is 6.61 Å². The molecule has 0 radical (unpaired) electrons. The topological polar surface area (TPSA) is 52.3 Å². The second kappa shape index (κ2) is 5.50. The summed E-state index contributed by atoms with van der Waals surface area (Å²) in [4.78, 5) is 4.23. The van der Waals surface area contributed by atoms with Crippen LogP contribution in [0.5, 0.6) is 5.75 Å². The molecule has 0 amide bonds. The van der Waals surface area contributed by atoms with E-state index >= 15 is 0 Å². The predicted octanol–water partition coefficient (Wildman–Crippen LogP) is 3.63. The zero-order valence-corrected chi connectivity index (χ0v) is 13.0. The normalized spacial score (nSPS) is 11.0. The SMILES string of the molecule is Cc1nc(Cl)c2nnc(COc3ccc(Cl)cc3)n2c1C. The number of aromatic nitrogens is 4. The lowest BCUT2D eigenvalue weighted by atomic mass is 10.3. The lowest BCUT2D eigenvalue weighted by Crippen LogP contribution is -2.06. The van der Waals surface area contributed by atoms with Gasteiger partial charge in [-0.1, -0.05) is 23.2 Å². The van der Waals surface area contributed by atoms with E-state index in [4.69, 9.17) is 27.9 Å². The fourth-order valence-electron chi connectivity index (χ4n) is 2.01. The lowest BCUT2D eigenvalue weighted by molar-refractivity contribution is 0.294. The maximum atomic E-state index is 6.09. The summed E-state index contributed by atoms with van der Waals surface area (Å²) in [6.45, 7) is 4.12. The van der Waals surface area contributed by atoms with Crippen LogP contribution in [0.1, 0.15) is 17.2 Å². The van der Waals surface area contributed by atoms with E-state index < -0.39 is 0 Å². The molecule has 5 nitrogen and oxygen atoms in total. The summed E-state index contributed by atoms with van der Waals surface area (Å²) in [6, 6.07) is 7.15. The van der Waals surface area contributed by atoms with Crippen molar-refractivity contribution in [3.8, 4) is 5.75 Å². The van der Waals surface area contributed by atoms with E-state index in [1.54, 1.807) is 24.3 Å². The van der Waals surface area contributed by atoms with Crippen LogP contribution in [0.25, 0.3) is 5.65 Å². The molecule has 2 aromatic heterocycles. The molecule has 0 atom stereocenters. The van der Waals surface area contributed by atoms with E-state index in [-0.39, 0.29) is 6.61 Å². The van der Waals surface area contributed by atoms with E-state index in [1.807, 2.05) is 18.2 Å². The van der Waals surface area contributed by atoms with Crippen molar-refractivity contribution in [2.45, 2.75) is 20.5 Å². The second-order valence-electron chi connectivity index (χ2n) is 4.59. The molecule has 0 N–H and O–H groups in total. The molecule has 3 aromatic rings. The van der Waals surface area contributed by atoms with Gasteiger partial charge < -0.3 is 4.74 Å². The summed E-state index contributed by atoms with van der Waals surface area (Å²) in [5.74, 6) is 1.38. The lowest BCUT2D eigenvalue weighted by Gasteiger charge is -2.08. The van der Waals surface area contributed by atoms with E-state index in [9.17, 15) is 0 Å². The first-order valence-electron chi connectivity index (χ1n) is 6.31. The third-order valence-electron chi connectivity index (χ3n) is 3.22. The maximum absolute atomic E-state index is 6.09. The Balaban J connectivity index is 1.92. The maximum Gasteiger partial charge on any atom is 0.198 e. The standard InChI is InChI=1S/C14H12Cl2N4O/c1-8-9(2)20-12(18-19-14(20)13(16)17-8)7-21-11-5-3-10(15)4-6-11/h3-6H,7H2,1-2H3. The largest absolute Gasteiger partial charge is 0.486 e. The Bertz CT molecular complexity index is 799. The van der Waals surface area contributed by atoms with Crippen LogP contribution in [0.4, 0.5) is 0 Å². The number of rotatable bonds is 3. The molecule has 0 saturated heterocycles. The van der Waals surface area contributed by atoms with E-state index in [0.29, 0.717) is 27.4 Å². The number of halogens is 2. The van der Waals surface area contributed by atoms with Crippen molar-refractivity contribution < 1.29 is 4.74 Å². The van der Waals surface area contributed by atoms with Gasteiger partial charge in [-0.3, -0.25) is 4.40 Å². The van der Waals surface area contributed by atoms with Crippen LogP contribution in [0.15, 0.2) is 24.3 Å². The number of aryl methyl sites for hydroxylation is 2. The van der Waals surface area contributed by atoms with E-state index in [2.05, 4.69) is 15.2 Å². The van der Waals surface area contributed by atoms with Gasteiger partial charge >= 0.3 is 0 Å². The number of benzene rings is 1.